The van der Waals surface area contributed by atoms with Gasteiger partial charge in [0.25, 0.3) is 0 Å². The largest absolute Gasteiger partial charge is 0.376 e. The second kappa shape index (κ2) is 7.89. The highest BCUT2D eigenvalue weighted by molar-refractivity contribution is 7.90. The van der Waals surface area contributed by atoms with Crippen molar-refractivity contribution in [2.75, 3.05) is 19.9 Å². The molecule has 7 nitrogen and oxygen atoms in total. The van der Waals surface area contributed by atoms with Crippen LogP contribution in [0.1, 0.15) is 24.2 Å². The number of benzene rings is 1. The third-order valence-electron chi connectivity index (χ3n) is 5.15. The Kier molecular flexibility index (Phi) is 5.46. The predicted octanol–water partition coefficient (Wildman–Crippen LogP) is 2.72. The van der Waals surface area contributed by atoms with E-state index in [1.807, 2.05) is 13.1 Å². The summed E-state index contributed by atoms with van der Waals surface area (Å²) in [7, 11) is -1.48. The van der Waals surface area contributed by atoms with E-state index < -0.39 is 9.84 Å². The SMILES string of the molecule is CN(Cc1cc2cc(F)ccc2[nH]1)Cc1cnc(S(C)(=O)=O)n1CC1CCCO1. The van der Waals surface area contributed by atoms with E-state index in [0.29, 0.717) is 26.2 Å². The zero-order valence-corrected chi connectivity index (χ0v) is 17.4. The van der Waals surface area contributed by atoms with Gasteiger partial charge in [-0.3, -0.25) is 4.90 Å². The van der Waals surface area contributed by atoms with E-state index in [0.717, 1.165) is 35.1 Å². The van der Waals surface area contributed by atoms with Crippen LogP contribution in [0.15, 0.2) is 35.6 Å². The zero-order chi connectivity index (χ0) is 20.6. The lowest BCUT2D eigenvalue weighted by Crippen LogP contribution is -2.24. The molecule has 1 unspecified atom stereocenters. The van der Waals surface area contributed by atoms with Gasteiger partial charge in [0.05, 0.1) is 24.5 Å². The second-order valence-corrected chi connectivity index (χ2v) is 9.66. The van der Waals surface area contributed by atoms with E-state index in [4.69, 9.17) is 4.74 Å². The maximum absolute atomic E-state index is 13.4. The molecular formula is C20H25FN4O3S. The fraction of sp³-hybridized carbons (Fsp3) is 0.450. The van der Waals surface area contributed by atoms with Crippen LogP contribution in [0.4, 0.5) is 4.39 Å². The molecule has 156 valence electrons. The Bertz CT molecular complexity index is 1120. The summed E-state index contributed by atoms with van der Waals surface area (Å²) in [4.78, 5) is 9.54. The fourth-order valence-corrected chi connectivity index (χ4v) is 4.71. The van der Waals surface area contributed by atoms with Gasteiger partial charge in [-0.15, -0.1) is 0 Å². The average Bonchev–Trinajstić information content (AvgIpc) is 3.35. The van der Waals surface area contributed by atoms with Crippen molar-refractivity contribution in [2.45, 2.75) is 43.7 Å². The fourth-order valence-electron chi connectivity index (χ4n) is 3.87. The van der Waals surface area contributed by atoms with Gasteiger partial charge in [-0.25, -0.2) is 17.8 Å². The maximum Gasteiger partial charge on any atom is 0.227 e. The number of halogens is 1. The Labute approximate surface area is 169 Å². The third kappa shape index (κ3) is 4.52. The molecule has 1 aliphatic rings. The first-order chi connectivity index (χ1) is 13.8. The minimum absolute atomic E-state index is 0.0114. The lowest BCUT2D eigenvalue weighted by atomic mass is 10.2. The molecule has 4 rings (SSSR count). The average molecular weight is 421 g/mol. The van der Waals surface area contributed by atoms with Crippen LogP contribution in [0.5, 0.6) is 0 Å². The predicted molar refractivity (Wildman–Crippen MR) is 108 cm³/mol. The molecule has 0 aliphatic carbocycles. The number of aromatic nitrogens is 3. The quantitative estimate of drug-likeness (QED) is 0.636. The van der Waals surface area contributed by atoms with Crippen molar-refractivity contribution in [3.05, 3.63) is 47.7 Å². The molecule has 1 saturated heterocycles. The summed E-state index contributed by atoms with van der Waals surface area (Å²) >= 11 is 0. The highest BCUT2D eigenvalue weighted by atomic mass is 32.2. The van der Waals surface area contributed by atoms with Crippen LogP contribution in [-0.4, -0.2) is 53.9 Å². The summed E-state index contributed by atoms with van der Waals surface area (Å²) in [6.45, 7) is 2.33. The Morgan fingerprint density at radius 2 is 2.17 bits per heavy atom. The Hall–Kier alpha value is -2.23. The van der Waals surface area contributed by atoms with Crippen molar-refractivity contribution >= 4 is 20.7 Å². The van der Waals surface area contributed by atoms with Crippen molar-refractivity contribution in [1.82, 2.24) is 19.4 Å². The maximum atomic E-state index is 13.4. The van der Waals surface area contributed by atoms with Crippen LogP contribution in [0, 0.1) is 5.82 Å². The molecule has 1 fully saturated rings. The van der Waals surface area contributed by atoms with Crippen LogP contribution < -0.4 is 0 Å². The summed E-state index contributed by atoms with van der Waals surface area (Å²) in [5.74, 6) is -0.261. The van der Waals surface area contributed by atoms with Gasteiger partial charge in [0.1, 0.15) is 5.82 Å². The molecule has 0 amide bonds. The number of aromatic amines is 1. The van der Waals surface area contributed by atoms with E-state index in [1.165, 1.54) is 18.4 Å². The van der Waals surface area contributed by atoms with Crippen molar-refractivity contribution in [3.8, 4) is 0 Å². The minimum atomic E-state index is -3.43. The molecule has 0 saturated carbocycles. The van der Waals surface area contributed by atoms with Gasteiger partial charge in [0.15, 0.2) is 0 Å². The van der Waals surface area contributed by atoms with E-state index in [1.54, 1.807) is 16.8 Å². The molecule has 9 heteroatoms. The number of ether oxygens (including phenoxy) is 1. The summed E-state index contributed by atoms with van der Waals surface area (Å²) < 4.78 is 45.2. The number of rotatable bonds is 7. The van der Waals surface area contributed by atoms with Gasteiger partial charge in [-0.05, 0) is 44.2 Å². The van der Waals surface area contributed by atoms with Gasteiger partial charge in [-0.2, -0.15) is 0 Å². The first-order valence-electron chi connectivity index (χ1n) is 9.61. The lowest BCUT2D eigenvalue weighted by molar-refractivity contribution is 0.0934. The van der Waals surface area contributed by atoms with E-state index in [2.05, 4.69) is 14.9 Å². The van der Waals surface area contributed by atoms with E-state index in [9.17, 15) is 12.8 Å². The standard InChI is InChI=1S/C20H25FN4O3S/c1-24(11-16-9-14-8-15(21)5-6-19(14)23-16)12-17-10-22-20(29(2,26)27)25(17)13-18-4-3-7-28-18/h5-6,8-10,18,23H,3-4,7,11-13H2,1-2H3. The molecule has 1 aliphatic heterocycles. The lowest BCUT2D eigenvalue weighted by Gasteiger charge is -2.19. The van der Waals surface area contributed by atoms with Crippen molar-refractivity contribution in [2.24, 2.45) is 0 Å². The summed E-state index contributed by atoms with van der Waals surface area (Å²) in [5, 5.41) is 0.911. The highest BCUT2D eigenvalue weighted by Gasteiger charge is 2.24. The number of sulfone groups is 1. The number of nitrogens with one attached hydrogen (secondary N) is 1. The third-order valence-corrected chi connectivity index (χ3v) is 6.14. The molecule has 3 aromatic rings. The number of imidazole rings is 1. The van der Waals surface area contributed by atoms with Gasteiger partial charge >= 0.3 is 0 Å². The first-order valence-corrected chi connectivity index (χ1v) is 11.5. The molecule has 2 aromatic heterocycles. The smallest absolute Gasteiger partial charge is 0.227 e. The normalized spacial score (nSPS) is 17.6. The topological polar surface area (TPSA) is 80.2 Å². The number of H-pyrrole nitrogens is 1. The first kappa shape index (κ1) is 20.1. The van der Waals surface area contributed by atoms with Gasteiger partial charge in [0, 0.05) is 42.5 Å². The molecule has 0 radical (unpaired) electrons. The Balaban J connectivity index is 1.53. The van der Waals surface area contributed by atoms with Crippen molar-refractivity contribution in [3.63, 3.8) is 0 Å². The molecule has 0 bridgehead atoms. The van der Waals surface area contributed by atoms with E-state index in [-0.39, 0.29) is 17.1 Å². The summed E-state index contributed by atoms with van der Waals surface area (Å²) in [6.07, 6.45) is 4.73. The van der Waals surface area contributed by atoms with Crippen molar-refractivity contribution in [1.29, 1.82) is 0 Å². The van der Waals surface area contributed by atoms with Crippen LogP contribution >= 0.6 is 0 Å². The number of fused-ring (bicyclic) bond motifs is 1. The minimum Gasteiger partial charge on any atom is -0.376 e. The summed E-state index contributed by atoms with van der Waals surface area (Å²) in [5.41, 5.74) is 2.67. The number of nitrogens with zero attached hydrogens (tertiary/aromatic N) is 3. The molecule has 1 atom stereocenters. The Morgan fingerprint density at radius 3 is 2.90 bits per heavy atom. The second-order valence-electron chi connectivity index (χ2n) is 7.75. The molecule has 1 N–H and O–H groups in total. The number of hydrogen-bond donors (Lipinski definition) is 1. The van der Waals surface area contributed by atoms with Gasteiger partial charge in [-0.1, -0.05) is 0 Å². The molecule has 0 spiro atoms. The van der Waals surface area contributed by atoms with Crippen LogP contribution in [0.25, 0.3) is 10.9 Å². The molecule has 1 aromatic carbocycles. The van der Waals surface area contributed by atoms with Crippen molar-refractivity contribution < 1.29 is 17.5 Å². The monoisotopic (exact) mass is 420 g/mol. The summed E-state index contributed by atoms with van der Waals surface area (Å²) in [6, 6.07) is 6.59. The Morgan fingerprint density at radius 1 is 1.34 bits per heavy atom. The van der Waals surface area contributed by atoms with Gasteiger partial charge < -0.3 is 14.3 Å². The molecular weight excluding hydrogens is 395 g/mol. The van der Waals surface area contributed by atoms with Crippen LogP contribution in [-0.2, 0) is 34.2 Å². The molecule has 29 heavy (non-hydrogen) atoms. The highest BCUT2D eigenvalue weighted by Crippen LogP contribution is 2.21. The van der Waals surface area contributed by atoms with E-state index >= 15 is 0 Å². The van der Waals surface area contributed by atoms with Gasteiger partial charge in [0.2, 0.25) is 15.0 Å². The van der Waals surface area contributed by atoms with Crippen LogP contribution in [0.3, 0.4) is 0 Å². The molecule has 3 heterocycles. The number of hydrogen-bond acceptors (Lipinski definition) is 5. The zero-order valence-electron chi connectivity index (χ0n) is 16.6. The van der Waals surface area contributed by atoms with Crippen LogP contribution in [0.2, 0.25) is 0 Å².